The first-order valence-electron chi connectivity index (χ1n) is 9.15. The number of H-pyrrole nitrogens is 1. The molecule has 0 unspecified atom stereocenters. The summed E-state index contributed by atoms with van der Waals surface area (Å²) in [5.74, 6) is 1.86. The van der Waals surface area contributed by atoms with E-state index in [-0.39, 0.29) is 12.5 Å². The molecule has 0 aliphatic heterocycles. The van der Waals surface area contributed by atoms with Gasteiger partial charge in [-0.2, -0.15) is 5.10 Å². The fourth-order valence-electron chi connectivity index (χ4n) is 3.36. The summed E-state index contributed by atoms with van der Waals surface area (Å²) in [4.78, 5) is 17.6. The summed E-state index contributed by atoms with van der Waals surface area (Å²) in [5.41, 5.74) is 2.73. The molecule has 4 aromatic rings. The van der Waals surface area contributed by atoms with E-state index in [9.17, 15) is 4.79 Å². The summed E-state index contributed by atoms with van der Waals surface area (Å²) in [5, 5.41) is 14.4. The maximum absolute atomic E-state index is 13.1. The normalized spacial score (nSPS) is 11.3. The molecule has 2 N–H and O–H groups in total. The fraction of sp³-hybridized carbons (Fsp3) is 0.316. The van der Waals surface area contributed by atoms with Gasteiger partial charge in [-0.15, -0.1) is 0 Å². The van der Waals surface area contributed by atoms with E-state index in [0.717, 1.165) is 17.1 Å². The molecule has 10 heteroatoms. The van der Waals surface area contributed by atoms with E-state index in [1.807, 2.05) is 31.4 Å². The molecule has 0 aromatic carbocycles. The highest BCUT2D eigenvalue weighted by molar-refractivity contribution is 7.71. The summed E-state index contributed by atoms with van der Waals surface area (Å²) in [7, 11) is 0. The van der Waals surface area contributed by atoms with Crippen LogP contribution in [0.5, 0.6) is 0 Å². The third kappa shape index (κ3) is 3.35. The first-order chi connectivity index (χ1) is 13.9. The lowest BCUT2D eigenvalue weighted by Gasteiger charge is -2.08. The lowest BCUT2D eigenvalue weighted by atomic mass is 10.1. The molecule has 4 rings (SSSR count). The van der Waals surface area contributed by atoms with E-state index in [1.165, 1.54) is 0 Å². The van der Waals surface area contributed by atoms with Crippen LogP contribution in [0.15, 0.2) is 21.1 Å². The Labute approximate surface area is 171 Å². The standard InChI is InChI=1S/C19H20N6O3S/c1-5-25-15(22-23-19(25)29)8-20-17(26)13-7-14(12-6-9(2)27-11(12)4)21-18-16(13)10(3)24-28-18/h6-7H,5,8H2,1-4H3,(H,20,26)(H,23,29). The van der Waals surface area contributed by atoms with Gasteiger partial charge in [0.05, 0.1) is 28.9 Å². The highest BCUT2D eigenvalue weighted by Crippen LogP contribution is 2.30. The minimum Gasteiger partial charge on any atom is -0.466 e. The monoisotopic (exact) mass is 412 g/mol. The number of carbonyl (C=O) groups is 1. The summed E-state index contributed by atoms with van der Waals surface area (Å²) < 4.78 is 13.3. The van der Waals surface area contributed by atoms with Crippen molar-refractivity contribution in [3.8, 4) is 11.3 Å². The smallest absolute Gasteiger partial charge is 0.259 e. The van der Waals surface area contributed by atoms with Crippen molar-refractivity contribution in [2.75, 3.05) is 0 Å². The lowest BCUT2D eigenvalue weighted by Crippen LogP contribution is -2.25. The molecule has 29 heavy (non-hydrogen) atoms. The van der Waals surface area contributed by atoms with Crippen molar-refractivity contribution >= 4 is 29.2 Å². The second kappa shape index (κ2) is 7.28. The number of hydrogen-bond acceptors (Lipinski definition) is 7. The van der Waals surface area contributed by atoms with Gasteiger partial charge in [0.15, 0.2) is 10.6 Å². The van der Waals surface area contributed by atoms with Crippen LogP contribution in [0.4, 0.5) is 0 Å². The molecule has 4 heterocycles. The Morgan fingerprint density at radius 1 is 1.31 bits per heavy atom. The summed E-state index contributed by atoms with van der Waals surface area (Å²) in [6, 6.07) is 3.61. The Morgan fingerprint density at radius 3 is 2.79 bits per heavy atom. The largest absolute Gasteiger partial charge is 0.466 e. The molecule has 4 aromatic heterocycles. The highest BCUT2D eigenvalue weighted by atomic mass is 32.1. The molecular formula is C19H20N6O3S. The van der Waals surface area contributed by atoms with Crippen molar-refractivity contribution in [2.45, 2.75) is 40.8 Å². The number of rotatable bonds is 5. The van der Waals surface area contributed by atoms with Crippen LogP contribution in [0.3, 0.4) is 0 Å². The molecule has 9 nitrogen and oxygen atoms in total. The lowest BCUT2D eigenvalue weighted by molar-refractivity contribution is 0.0951. The van der Waals surface area contributed by atoms with Crippen molar-refractivity contribution in [3.63, 3.8) is 0 Å². The third-order valence-electron chi connectivity index (χ3n) is 4.74. The Morgan fingerprint density at radius 2 is 2.10 bits per heavy atom. The quantitative estimate of drug-likeness (QED) is 0.481. The highest BCUT2D eigenvalue weighted by Gasteiger charge is 2.21. The number of fused-ring (bicyclic) bond motifs is 1. The van der Waals surface area contributed by atoms with E-state index in [2.05, 4.69) is 25.7 Å². The first-order valence-corrected chi connectivity index (χ1v) is 9.56. The number of hydrogen-bond donors (Lipinski definition) is 2. The van der Waals surface area contributed by atoms with Crippen LogP contribution < -0.4 is 5.32 Å². The van der Waals surface area contributed by atoms with E-state index < -0.39 is 0 Å². The molecule has 150 valence electrons. The maximum Gasteiger partial charge on any atom is 0.259 e. The van der Waals surface area contributed by atoms with Crippen LogP contribution in [0.25, 0.3) is 22.4 Å². The molecular weight excluding hydrogens is 392 g/mol. The Balaban J connectivity index is 1.73. The van der Waals surface area contributed by atoms with E-state index >= 15 is 0 Å². The van der Waals surface area contributed by atoms with Crippen LogP contribution >= 0.6 is 12.2 Å². The minimum atomic E-state index is -0.278. The first kappa shape index (κ1) is 19.1. The predicted octanol–water partition coefficient (Wildman–Crippen LogP) is 3.61. The number of aromatic nitrogens is 5. The SMILES string of the molecule is CCn1c(CNC(=O)c2cc(-c3cc(C)oc3C)nc3onc(C)c23)n[nH]c1=S. The number of amides is 1. The zero-order valence-corrected chi connectivity index (χ0v) is 17.3. The summed E-state index contributed by atoms with van der Waals surface area (Å²) in [6.45, 7) is 8.35. The van der Waals surface area contributed by atoms with E-state index in [0.29, 0.717) is 45.2 Å². The second-order valence-corrected chi connectivity index (χ2v) is 7.09. The van der Waals surface area contributed by atoms with E-state index in [1.54, 1.807) is 13.0 Å². The second-order valence-electron chi connectivity index (χ2n) is 6.70. The van der Waals surface area contributed by atoms with Crippen molar-refractivity contribution in [1.82, 2.24) is 30.2 Å². The van der Waals surface area contributed by atoms with Crippen molar-refractivity contribution in [3.05, 3.63) is 45.5 Å². The zero-order valence-electron chi connectivity index (χ0n) is 16.5. The number of furan rings is 1. The van der Waals surface area contributed by atoms with Gasteiger partial charge in [-0.05, 0) is 52.0 Å². The average Bonchev–Trinajstić information content (AvgIpc) is 3.35. The van der Waals surface area contributed by atoms with Crippen molar-refractivity contribution in [2.24, 2.45) is 0 Å². The summed E-state index contributed by atoms with van der Waals surface area (Å²) >= 11 is 5.19. The van der Waals surface area contributed by atoms with Crippen LogP contribution in [-0.2, 0) is 13.1 Å². The van der Waals surface area contributed by atoms with Gasteiger partial charge < -0.3 is 18.8 Å². The number of carbonyl (C=O) groups excluding carboxylic acids is 1. The van der Waals surface area contributed by atoms with Gasteiger partial charge in [-0.25, -0.2) is 4.98 Å². The maximum atomic E-state index is 13.1. The van der Waals surface area contributed by atoms with Gasteiger partial charge in [0.1, 0.15) is 11.5 Å². The van der Waals surface area contributed by atoms with E-state index in [4.69, 9.17) is 21.2 Å². The molecule has 1 amide bonds. The van der Waals surface area contributed by atoms with Crippen molar-refractivity contribution in [1.29, 1.82) is 0 Å². The van der Waals surface area contributed by atoms with Crippen LogP contribution in [0, 0.1) is 25.5 Å². The van der Waals surface area contributed by atoms with Crippen molar-refractivity contribution < 1.29 is 13.7 Å². The molecule has 0 aliphatic rings. The number of nitrogens with zero attached hydrogens (tertiary/aromatic N) is 4. The van der Waals surface area contributed by atoms with Gasteiger partial charge >= 0.3 is 0 Å². The molecule has 0 fully saturated rings. The molecule has 0 bridgehead atoms. The average molecular weight is 412 g/mol. The zero-order chi connectivity index (χ0) is 20.7. The van der Waals surface area contributed by atoms with Gasteiger partial charge in [0.2, 0.25) is 0 Å². The molecule has 0 atom stereocenters. The molecule has 0 spiro atoms. The van der Waals surface area contributed by atoms with Crippen LogP contribution in [-0.4, -0.2) is 30.8 Å². The molecule has 0 aliphatic carbocycles. The Kier molecular flexibility index (Phi) is 4.79. The molecule has 0 saturated carbocycles. The molecule has 0 saturated heterocycles. The molecule has 0 radical (unpaired) electrons. The third-order valence-corrected chi connectivity index (χ3v) is 5.05. The van der Waals surface area contributed by atoms with Gasteiger partial charge in [-0.1, -0.05) is 5.16 Å². The minimum absolute atomic E-state index is 0.229. The topological polar surface area (TPSA) is 115 Å². The summed E-state index contributed by atoms with van der Waals surface area (Å²) in [6.07, 6.45) is 0. The van der Waals surface area contributed by atoms with Crippen LogP contribution in [0.1, 0.15) is 40.3 Å². The predicted molar refractivity (Wildman–Crippen MR) is 108 cm³/mol. The van der Waals surface area contributed by atoms with Gasteiger partial charge in [0, 0.05) is 12.1 Å². The van der Waals surface area contributed by atoms with Gasteiger partial charge in [-0.3, -0.25) is 9.89 Å². The fourth-order valence-corrected chi connectivity index (χ4v) is 3.64. The van der Waals surface area contributed by atoms with Gasteiger partial charge in [0.25, 0.3) is 11.6 Å². The Bertz CT molecular complexity index is 1280. The number of aryl methyl sites for hydroxylation is 3. The number of pyridine rings is 1. The Hall–Kier alpha value is -3.27. The van der Waals surface area contributed by atoms with Crippen LogP contribution in [0.2, 0.25) is 0 Å². The number of nitrogens with one attached hydrogen (secondary N) is 2. The number of aromatic amines is 1.